The molecule has 2 aliphatic heterocycles. The maximum absolute atomic E-state index is 13.3. The van der Waals surface area contributed by atoms with Gasteiger partial charge in [0.25, 0.3) is 5.91 Å². The molecule has 0 spiro atoms. The van der Waals surface area contributed by atoms with Gasteiger partial charge in [-0.05, 0) is 81.4 Å². The molecule has 0 unspecified atom stereocenters. The summed E-state index contributed by atoms with van der Waals surface area (Å²) in [5, 5.41) is 14.8. The summed E-state index contributed by atoms with van der Waals surface area (Å²) in [5.41, 5.74) is 5.12. The number of fused-ring (bicyclic) bond motifs is 1. The number of alkyl halides is 1. The largest absolute Gasteiger partial charge is 0.387 e. The van der Waals surface area contributed by atoms with Crippen LogP contribution in [0.25, 0.3) is 0 Å². The third-order valence-electron chi connectivity index (χ3n) is 8.66. The van der Waals surface area contributed by atoms with Gasteiger partial charge in [-0.15, -0.1) is 0 Å². The smallest absolute Gasteiger partial charge is 0.274 e. The second-order valence-corrected chi connectivity index (χ2v) is 10.9. The predicted octanol–water partition coefficient (Wildman–Crippen LogP) is 3.33. The SMILES string of the molecule is Cc1cccc(C2CCN(C(=O)Cn3nc(C(=O)N4CCC(O)(CF)CC4)c4c3CCC4)CC2)c1C. The molecule has 194 valence electrons. The number of amides is 2. The number of nitrogens with zero attached hydrogens (tertiary/aromatic N) is 4. The summed E-state index contributed by atoms with van der Waals surface area (Å²) in [5.74, 6) is 0.359. The molecule has 2 aromatic rings. The van der Waals surface area contributed by atoms with Gasteiger partial charge in [0.05, 0.1) is 5.60 Å². The van der Waals surface area contributed by atoms with Crippen LogP contribution < -0.4 is 0 Å². The minimum Gasteiger partial charge on any atom is -0.387 e. The van der Waals surface area contributed by atoms with Crippen molar-refractivity contribution in [3.63, 3.8) is 0 Å². The topological polar surface area (TPSA) is 78.7 Å². The van der Waals surface area contributed by atoms with Gasteiger partial charge in [-0.2, -0.15) is 5.10 Å². The molecule has 1 aromatic heterocycles. The Morgan fingerprint density at radius 2 is 1.81 bits per heavy atom. The molecule has 8 heteroatoms. The van der Waals surface area contributed by atoms with E-state index in [1.165, 1.54) is 16.7 Å². The highest BCUT2D eigenvalue weighted by molar-refractivity contribution is 5.94. The fourth-order valence-electron chi connectivity index (χ4n) is 6.11. The molecule has 1 aliphatic carbocycles. The molecule has 7 nitrogen and oxygen atoms in total. The summed E-state index contributed by atoms with van der Waals surface area (Å²) < 4.78 is 14.9. The number of aromatic nitrogens is 2. The number of piperidine rings is 2. The van der Waals surface area contributed by atoms with E-state index >= 15 is 0 Å². The lowest BCUT2D eigenvalue weighted by molar-refractivity contribution is -0.133. The minimum absolute atomic E-state index is 0.0524. The number of hydrogen-bond acceptors (Lipinski definition) is 4. The van der Waals surface area contributed by atoms with Gasteiger partial charge in [0.15, 0.2) is 5.69 Å². The standard InChI is InChI=1S/C28H37FN4O3/c1-19-5-3-6-22(20(19)2)21-9-13-31(14-10-21)25(34)17-33-24-8-4-7-23(24)26(30-33)27(35)32-15-11-28(36,18-29)12-16-32/h3,5-6,21,36H,4,7-18H2,1-2H3. The first-order valence-corrected chi connectivity index (χ1v) is 13.3. The van der Waals surface area contributed by atoms with Crippen molar-refractivity contribution in [1.29, 1.82) is 0 Å². The Morgan fingerprint density at radius 3 is 2.50 bits per heavy atom. The molecule has 0 bridgehead atoms. The maximum atomic E-state index is 13.3. The normalized spacial score (nSPS) is 20.0. The second-order valence-electron chi connectivity index (χ2n) is 10.9. The number of aryl methyl sites for hydroxylation is 1. The lowest BCUT2D eigenvalue weighted by Crippen LogP contribution is -2.48. The summed E-state index contributed by atoms with van der Waals surface area (Å²) in [4.78, 5) is 30.1. The molecule has 5 rings (SSSR count). The van der Waals surface area contributed by atoms with E-state index in [1.54, 1.807) is 9.58 Å². The van der Waals surface area contributed by atoms with Crippen LogP contribution in [0.3, 0.4) is 0 Å². The van der Waals surface area contributed by atoms with Crippen molar-refractivity contribution in [3.8, 4) is 0 Å². The Labute approximate surface area is 212 Å². The molecule has 0 atom stereocenters. The zero-order chi connectivity index (χ0) is 25.4. The van der Waals surface area contributed by atoms with E-state index in [0.29, 0.717) is 24.7 Å². The quantitative estimate of drug-likeness (QED) is 0.689. The van der Waals surface area contributed by atoms with Crippen LogP contribution in [0.4, 0.5) is 4.39 Å². The molecule has 2 saturated heterocycles. The fraction of sp³-hybridized carbons (Fsp3) is 0.607. The van der Waals surface area contributed by atoms with Gasteiger partial charge in [0.2, 0.25) is 5.91 Å². The van der Waals surface area contributed by atoms with Gasteiger partial charge in [-0.3, -0.25) is 14.3 Å². The Balaban J connectivity index is 1.24. The molecule has 1 N–H and O–H groups in total. The van der Waals surface area contributed by atoms with Crippen molar-refractivity contribution in [2.75, 3.05) is 32.9 Å². The molecule has 1 aromatic carbocycles. The van der Waals surface area contributed by atoms with Gasteiger partial charge >= 0.3 is 0 Å². The Morgan fingerprint density at radius 1 is 1.08 bits per heavy atom. The minimum atomic E-state index is -1.32. The third kappa shape index (κ3) is 4.67. The zero-order valence-electron chi connectivity index (χ0n) is 21.4. The highest BCUT2D eigenvalue weighted by Crippen LogP contribution is 2.32. The van der Waals surface area contributed by atoms with Gasteiger partial charge in [-0.1, -0.05) is 18.2 Å². The Bertz CT molecular complexity index is 1140. The average Bonchev–Trinajstić information content (AvgIpc) is 3.50. The third-order valence-corrected chi connectivity index (χ3v) is 8.66. The van der Waals surface area contributed by atoms with Gasteiger partial charge in [0, 0.05) is 37.4 Å². The van der Waals surface area contributed by atoms with Gasteiger partial charge < -0.3 is 14.9 Å². The van der Waals surface area contributed by atoms with E-state index in [0.717, 1.165) is 56.5 Å². The average molecular weight is 497 g/mol. The maximum Gasteiger partial charge on any atom is 0.274 e. The van der Waals surface area contributed by atoms with Crippen molar-refractivity contribution in [3.05, 3.63) is 51.8 Å². The van der Waals surface area contributed by atoms with Crippen molar-refractivity contribution in [2.45, 2.75) is 76.9 Å². The molecule has 0 saturated carbocycles. The van der Waals surface area contributed by atoms with Crippen LogP contribution in [0.2, 0.25) is 0 Å². The van der Waals surface area contributed by atoms with Gasteiger partial charge in [0.1, 0.15) is 13.2 Å². The van der Waals surface area contributed by atoms with E-state index in [-0.39, 0.29) is 31.2 Å². The highest BCUT2D eigenvalue weighted by Gasteiger charge is 2.37. The van der Waals surface area contributed by atoms with Crippen molar-refractivity contribution >= 4 is 11.8 Å². The van der Waals surface area contributed by atoms with Crippen molar-refractivity contribution < 1.29 is 19.1 Å². The number of benzene rings is 1. The molecule has 2 amide bonds. The van der Waals surface area contributed by atoms with Crippen LogP contribution in [0.15, 0.2) is 18.2 Å². The lowest BCUT2D eigenvalue weighted by atomic mass is 9.85. The molecule has 3 aliphatic rings. The first kappa shape index (κ1) is 24.9. The molecule has 0 radical (unpaired) electrons. The predicted molar refractivity (Wildman–Crippen MR) is 135 cm³/mol. The molecular weight excluding hydrogens is 459 g/mol. The second kappa shape index (κ2) is 9.96. The first-order chi connectivity index (χ1) is 17.3. The number of halogens is 1. The van der Waals surface area contributed by atoms with E-state index in [9.17, 15) is 19.1 Å². The highest BCUT2D eigenvalue weighted by atomic mass is 19.1. The van der Waals surface area contributed by atoms with Crippen LogP contribution in [0.1, 0.15) is 76.5 Å². The molecule has 2 fully saturated rings. The summed E-state index contributed by atoms with van der Waals surface area (Å²) in [7, 11) is 0. The monoisotopic (exact) mass is 496 g/mol. The molecule has 36 heavy (non-hydrogen) atoms. The molecular formula is C28H37FN4O3. The van der Waals surface area contributed by atoms with Crippen LogP contribution in [-0.2, 0) is 24.2 Å². The van der Waals surface area contributed by atoms with E-state index in [2.05, 4.69) is 37.1 Å². The number of carbonyl (C=O) groups is 2. The van der Waals surface area contributed by atoms with Crippen LogP contribution in [0, 0.1) is 13.8 Å². The fourth-order valence-corrected chi connectivity index (χ4v) is 6.11. The van der Waals surface area contributed by atoms with Crippen LogP contribution in [-0.4, -0.2) is 75.0 Å². The zero-order valence-corrected chi connectivity index (χ0v) is 21.4. The summed E-state index contributed by atoms with van der Waals surface area (Å²) >= 11 is 0. The number of rotatable bonds is 5. The number of carbonyl (C=O) groups excluding carboxylic acids is 2. The summed E-state index contributed by atoms with van der Waals surface area (Å²) in [6, 6.07) is 6.49. The van der Waals surface area contributed by atoms with Crippen molar-refractivity contribution in [1.82, 2.24) is 19.6 Å². The van der Waals surface area contributed by atoms with Gasteiger partial charge in [-0.25, -0.2) is 4.39 Å². The Kier molecular flexibility index (Phi) is 6.90. The molecule has 3 heterocycles. The summed E-state index contributed by atoms with van der Waals surface area (Å²) in [6.45, 7) is 5.80. The Hall–Kier alpha value is -2.74. The van der Waals surface area contributed by atoms with E-state index in [4.69, 9.17) is 0 Å². The van der Waals surface area contributed by atoms with Crippen LogP contribution >= 0.6 is 0 Å². The lowest BCUT2D eigenvalue weighted by Gasteiger charge is -2.36. The first-order valence-electron chi connectivity index (χ1n) is 13.3. The number of aliphatic hydroxyl groups is 1. The van der Waals surface area contributed by atoms with E-state index < -0.39 is 12.3 Å². The summed E-state index contributed by atoms with van der Waals surface area (Å²) in [6.07, 6.45) is 4.93. The van der Waals surface area contributed by atoms with E-state index in [1.807, 2.05) is 4.90 Å². The van der Waals surface area contributed by atoms with Crippen molar-refractivity contribution in [2.24, 2.45) is 0 Å². The van der Waals surface area contributed by atoms with Crippen LogP contribution in [0.5, 0.6) is 0 Å². The number of likely N-dealkylation sites (tertiary alicyclic amines) is 2. The number of hydrogen-bond donors (Lipinski definition) is 1.